The predicted molar refractivity (Wildman–Crippen MR) is 42.9 cm³/mol. The highest BCUT2D eigenvalue weighted by Crippen LogP contribution is 1.97. The van der Waals surface area contributed by atoms with Crippen LogP contribution < -0.4 is 4.73 Å². The van der Waals surface area contributed by atoms with Crippen molar-refractivity contribution >= 4 is 17.6 Å². The zero-order valence-corrected chi connectivity index (χ0v) is 6.39. The van der Waals surface area contributed by atoms with E-state index in [0.29, 0.717) is 5.69 Å². The SMILES string of the molecule is Cc1c(C=S)ccc[n+]1[O-]. The standard InChI is InChI=1S/C7H7NOS/c1-6-7(5-10)3-2-4-8(6)9/h2-5H,1H3. The van der Waals surface area contributed by atoms with E-state index in [-0.39, 0.29) is 0 Å². The molecule has 0 aliphatic rings. The van der Waals surface area contributed by atoms with Crippen molar-refractivity contribution in [2.75, 3.05) is 0 Å². The smallest absolute Gasteiger partial charge is 0.197 e. The lowest BCUT2D eigenvalue weighted by Crippen LogP contribution is -2.30. The van der Waals surface area contributed by atoms with Crippen LogP contribution in [0, 0.1) is 12.1 Å². The van der Waals surface area contributed by atoms with E-state index >= 15 is 0 Å². The fourth-order valence-corrected chi connectivity index (χ4v) is 0.958. The number of rotatable bonds is 1. The lowest BCUT2D eigenvalue weighted by molar-refractivity contribution is -0.612. The maximum atomic E-state index is 10.8. The summed E-state index contributed by atoms with van der Waals surface area (Å²) in [5.74, 6) is 0. The predicted octanol–water partition coefficient (Wildman–Crippen LogP) is 0.976. The van der Waals surface area contributed by atoms with E-state index < -0.39 is 0 Å². The minimum absolute atomic E-state index is 0.650. The molecule has 0 aliphatic carbocycles. The minimum atomic E-state index is 0.650. The number of nitrogens with zero attached hydrogens (tertiary/aromatic N) is 1. The summed E-state index contributed by atoms with van der Waals surface area (Å²) in [7, 11) is 0. The normalized spacial score (nSPS) is 9.30. The zero-order chi connectivity index (χ0) is 7.56. The Hall–Kier alpha value is -0.960. The molecule has 0 saturated heterocycles. The lowest BCUT2D eigenvalue weighted by atomic mass is 10.2. The lowest BCUT2D eigenvalue weighted by Gasteiger charge is -2.00. The third kappa shape index (κ3) is 1.14. The Morgan fingerprint density at radius 3 is 2.90 bits per heavy atom. The van der Waals surface area contributed by atoms with Gasteiger partial charge in [-0.1, -0.05) is 12.2 Å². The summed E-state index contributed by atoms with van der Waals surface area (Å²) in [6.45, 7) is 1.74. The Kier molecular flexibility index (Phi) is 1.97. The van der Waals surface area contributed by atoms with Crippen molar-refractivity contribution in [2.24, 2.45) is 0 Å². The molecule has 1 aromatic heterocycles. The molecule has 10 heavy (non-hydrogen) atoms. The van der Waals surface area contributed by atoms with Crippen LogP contribution in [0.3, 0.4) is 0 Å². The van der Waals surface area contributed by atoms with Gasteiger partial charge in [-0.3, -0.25) is 0 Å². The zero-order valence-electron chi connectivity index (χ0n) is 5.57. The Morgan fingerprint density at radius 2 is 2.40 bits per heavy atom. The molecular weight excluding hydrogens is 146 g/mol. The van der Waals surface area contributed by atoms with Crippen molar-refractivity contribution in [3.8, 4) is 0 Å². The first-order valence-corrected chi connectivity index (χ1v) is 3.37. The van der Waals surface area contributed by atoms with Crippen molar-refractivity contribution in [1.82, 2.24) is 0 Å². The van der Waals surface area contributed by atoms with Crippen LogP contribution in [-0.2, 0) is 0 Å². The number of hydrogen-bond acceptors (Lipinski definition) is 2. The van der Waals surface area contributed by atoms with Crippen molar-refractivity contribution in [2.45, 2.75) is 6.92 Å². The summed E-state index contributed by atoms with van der Waals surface area (Å²) >= 11 is 4.69. The van der Waals surface area contributed by atoms with Crippen molar-refractivity contribution in [3.63, 3.8) is 0 Å². The molecule has 0 amide bonds. The van der Waals surface area contributed by atoms with E-state index in [1.165, 1.54) is 11.6 Å². The molecule has 0 fully saturated rings. The van der Waals surface area contributed by atoms with Gasteiger partial charge in [0, 0.05) is 18.4 Å². The molecule has 0 aromatic carbocycles. The van der Waals surface area contributed by atoms with Crippen LogP contribution >= 0.6 is 12.2 Å². The van der Waals surface area contributed by atoms with Gasteiger partial charge in [-0.2, -0.15) is 4.73 Å². The maximum Gasteiger partial charge on any atom is 0.197 e. The van der Waals surface area contributed by atoms with Crippen LogP contribution in [0.2, 0.25) is 0 Å². The highest BCUT2D eigenvalue weighted by molar-refractivity contribution is 7.79. The van der Waals surface area contributed by atoms with Crippen LogP contribution in [0.15, 0.2) is 18.3 Å². The van der Waals surface area contributed by atoms with Crippen LogP contribution in [-0.4, -0.2) is 5.37 Å². The van der Waals surface area contributed by atoms with E-state index in [1.54, 1.807) is 13.0 Å². The maximum absolute atomic E-state index is 10.8. The Morgan fingerprint density at radius 1 is 1.70 bits per heavy atom. The van der Waals surface area contributed by atoms with Crippen LogP contribution in [0.4, 0.5) is 0 Å². The summed E-state index contributed by atoms with van der Waals surface area (Å²) in [5, 5.41) is 12.4. The number of hydrogen-bond donors (Lipinski definition) is 0. The van der Waals surface area contributed by atoms with Crippen LogP contribution in [0.25, 0.3) is 0 Å². The van der Waals surface area contributed by atoms with Crippen LogP contribution in [0.5, 0.6) is 0 Å². The molecule has 0 radical (unpaired) electrons. The van der Waals surface area contributed by atoms with Gasteiger partial charge in [-0.05, 0) is 6.07 Å². The van der Waals surface area contributed by atoms with E-state index in [2.05, 4.69) is 12.2 Å². The molecule has 0 saturated carbocycles. The van der Waals surface area contributed by atoms with Gasteiger partial charge in [-0.15, -0.1) is 0 Å². The van der Waals surface area contributed by atoms with Crippen LogP contribution in [0.1, 0.15) is 11.3 Å². The summed E-state index contributed by atoms with van der Waals surface area (Å²) in [6.07, 6.45) is 1.46. The molecular formula is C7H7NOS. The van der Waals surface area contributed by atoms with Gasteiger partial charge in [0.15, 0.2) is 11.9 Å². The monoisotopic (exact) mass is 153 g/mol. The van der Waals surface area contributed by atoms with E-state index in [9.17, 15) is 5.21 Å². The second kappa shape index (κ2) is 2.75. The van der Waals surface area contributed by atoms with Crippen molar-refractivity contribution in [1.29, 1.82) is 0 Å². The number of aromatic nitrogens is 1. The molecule has 1 rings (SSSR count). The second-order valence-electron chi connectivity index (χ2n) is 1.99. The molecule has 0 N–H and O–H groups in total. The molecule has 0 unspecified atom stereocenters. The number of pyridine rings is 1. The molecule has 0 atom stereocenters. The van der Waals surface area contributed by atoms with Gasteiger partial charge in [-0.25, -0.2) is 0 Å². The third-order valence-corrected chi connectivity index (χ3v) is 1.63. The Balaban J connectivity index is 3.27. The summed E-state index contributed by atoms with van der Waals surface area (Å²) in [5.41, 5.74) is 1.46. The minimum Gasteiger partial charge on any atom is -0.618 e. The Bertz CT molecular complexity index is 260. The van der Waals surface area contributed by atoms with Crippen molar-refractivity contribution in [3.05, 3.63) is 34.8 Å². The molecule has 0 aliphatic heterocycles. The first kappa shape index (κ1) is 7.15. The average molecular weight is 153 g/mol. The van der Waals surface area contributed by atoms with Gasteiger partial charge in [0.2, 0.25) is 0 Å². The molecule has 0 bridgehead atoms. The van der Waals surface area contributed by atoms with E-state index in [4.69, 9.17) is 0 Å². The van der Waals surface area contributed by atoms with Gasteiger partial charge < -0.3 is 5.21 Å². The molecule has 3 heteroatoms. The molecule has 0 spiro atoms. The first-order valence-electron chi connectivity index (χ1n) is 2.89. The molecule has 1 heterocycles. The van der Waals surface area contributed by atoms with Gasteiger partial charge in [0.25, 0.3) is 0 Å². The summed E-state index contributed by atoms with van der Waals surface area (Å²) < 4.78 is 0.804. The van der Waals surface area contributed by atoms with Crippen molar-refractivity contribution < 1.29 is 4.73 Å². The average Bonchev–Trinajstić information content (AvgIpc) is 1.95. The topological polar surface area (TPSA) is 26.9 Å². The molecule has 1 aromatic rings. The molecule has 52 valence electrons. The summed E-state index contributed by atoms with van der Waals surface area (Å²) in [4.78, 5) is 0. The summed E-state index contributed by atoms with van der Waals surface area (Å²) in [6, 6.07) is 3.49. The third-order valence-electron chi connectivity index (χ3n) is 1.37. The van der Waals surface area contributed by atoms with Gasteiger partial charge >= 0.3 is 0 Å². The fourth-order valence-electron chi connectivity index (χ4n) is 0.709. The highest BCUT2D eigenvalue weighted by atomic mass is 32.1. The van der Waals surface area contributed by atoms with E-state index in [0.717, 1.165) is 10.3 Å². The second-order valence-corrected chi connectivity index (χ2v) is 2.23. The fraction of sp³-hybridized carbons (Fsp3) is 0.143. The molecule has 2 nitrogen and oxygen atoms in total. The Labute approximate surface area is 64.7 Å². The quantitative estimate of drug-likeness (QED) is 0.341. The van der Waals surface area contributed by atoms with E-state index in [1.807, 2.05) is 6.07 Å². The largest absolute Gasteiger partial charge is 0.618 e. The highest BCUT2D eigenvalue weighted by Gasteiger charge is 2.01. The van der Waals surface area contributed by atoms with Gasteiger partial charge in [0.1, 0.15) is 0 Å². The van der Waals surface area contributed by atoms with Gasteiger partial charge in [0.05, 0.1) is 5.56 Å². The number of thiocarbonyl (C=S) groups is 1. The first-order chi connectivity index (χ1) is 4.75.